The molecule has 0 aliphatic rings. The van der Waals surface area contributed by atoms with Crippen molar-refractivity contribution >= 4 is 22.0 Å². The number of hydrazone groups is 1. The van der Waals surface area contributed by atoms with E-state index in [9.17, 15) is 17.8 Å². The lowest BCUT2D eigenvalue weighted by molar-refractivity contribution is -0.691. The zero-order valence-corrected chi connectivity index (χ0v) is 14.9. The maximum absolute atomic E-state index is 12.3. The van der Waals surface area contributed by atoms with Crippen LogP contribution in [0.25, 0.3) is 0 Å². The molecule has 0 aliphatic carbocycles. The van der Waals surface area contributed by atoms with Crippen molar-refractivity contribution in [3.8, 4) is 0 Å². The van der Waals surface area contributed by atoms with E-state index in [-0.39, 0.29) is 18.7 Å². The highest BCUT2D eigenvalue weighted by Gasteiger charge is 2.13. The van der Waals surface area contributed by atoms with Crippen molar-refractivity contribution in [3.05, 3.63) is 58.8 Å². The molecule has 0 aliphatic heterocycles. The number of aryl methyl sites for hydroxylation is 1. The summed E-state index contributed by atoms with van der Waals surface area (Å²) >= 11 is 0. The van der Waals surface area contributed by atoms with Gasteiger partial charge in [0.05, 0.1) is 41.8 Å². The van der Waals surface area contributed by atoms with Gasteiger partial charge in [-0.1, -0.05) is 18.2 Å². The van der Waals surface area contributed by atoms with Gasteiger partial charge in [-0.3, -0.25) is 5.01 Å². The van der Waals surface area contributed by atoms with E-state index in [4.69, 9.17) is 0 Å². The van der Waals surface area contributed by atoms with Gasteiger partial charge < -0.3 is 4.55 Å². The minimum Gasteiger partial charge on any atom is -0.748 e. The molecule has 0 spiro atoms. The Labute approximate surface area is 146 Å². The van der Waals surface area contributed by atoms with Crippen LogP contribution in [0.4, 0.5) is 5.69 Å². The lowest BCUT2D eigenvalue weighted by Crippen LogP contribution is -2.52. The van der Waals surface area contributed by atoms with Crippen LogP contribution in [-0.2, 0) is 23.7 Å². The van der Waals surface area contributed by atoms with Crippen LogP contribution < -0.4 is 15.3 Å². The van der Waals surface area contributed by atoms with Gasteiger partial charge in [-0.2, -0.15) is 14.5 Å². The lowest BCUT2D eigenvalue weighted by Gasteiger charge is -2.12. The summed E-state index contributed by atoms with van der Waals surface area (Å²) in [6.45, 7) is 0.116. The predicted octanol–water partition coefficient (Wildman–Crippen LogP) is 0.0784. The van der Waals surface area contributed by atoms with E-state index >= 15 is 0 Å². The number of hydrogen-bond donors (Lipinski definition) is 0. The van der Waals surface area contributed by atoms with E-state index in [1.807, 2.05) is 30.3 Å². The van der Waals surface area contributed by atoms with E-state index < -0.39 is 15.9 Å². The molecule has 0 fully saturated rings. The number of benzene rings is 1. The van der Waals surface area contributed by atoms with Crippen molar-refractivity contribution < 1.29 is 17.5 Å². The van der Waals surface area contributed by atoms with Gasteiger partial charge in [0.1, 0.15) is 0 Å². The molecule has 0 atom stereocenters. The summed E-state index contributed by atoms with van der Waals surface area (Å²) in [5.41, 5.74) is 1.09. The third kappa shape index (κ3) is 5.50. The summed E-state index contributed by atoms with van der Waals surface area (Å²) in [6, 6.07) is 11.2. The van der Waals surface area contributed by atoms with Gasteiger partial charge in [0.15, 0.2) is 5.69 Å². The van der Waals surface area contributed by atoms with Crippen LogP contribution in [0.3, 0.4) is 0 Å². The molecule has 2 aromatic rings. The second-order valence-electron chi connectivity index (χ2n) is 5.50. The van der Waals surface area contributed by atoms with Crippen molar-refractivity contribution in [2.45, 2.75) is 13.0 Å². The monoisotopic (exact) mass is 364 g/mol. The average molecular weight is 364 g/mol. The molecule has 0 N–H and O–H groups in total. The zero-order valence-electron chi connectivity index (χ0n) is 14.1. The SMILES string of the molecule is CN(N=Cc1cc[n+](C)c(=O)n1CCCS(=O)(=O)[O-])c1ccccc1. The topological polar surface area (TPSA) is 98.7 Å². The van der Waals surface area contributed by atoms with E-state index in [1.165, 1.54) is 15.3 Å². The van der Waals surface area contributed by atoms with Gasteiger partial charge in [0.25, 0.3) is 0 Å². The van der Waals surface area contributed by atoms with Gasteiger partial charge in [0.2, 0.25) is 0 Å². The average Bonchev–Trinajstić information content (AvgIpc) is 2.57. The number of rotatable bonds is 7. The fourth-order valence-corrected chi connectivity index (χ4v) is 2.72. The smallest absolute Gasteiger partial charge is 0.498 e. The number of aromatic nitrogens is 2. The molecular weight excluding hydrogens is 344 g/mol. The highest BCUT2D eigenvalue weighted by molar-refractivity contribution is 7.85. The van der Waals surface area contributed by atoms with E-state index in [1.54, 1.807) is 31.4 Å². The first-order chi connectivity index (χ1) is 11.8. The molecule has 9 heteroatoms. The highest BCUT2D eigenvalue weighted by atomic mass is 32.2. The summed E-state index contributed by atoms with van der Waals surface area (Å²) in [4.78, 5) is 12.3. The van der Waals surface area contributed by atoms with Crippen molar-refractivity contribution in [3.63, 3.8) is 0 Å². The third-order valence-corrected chi connectivity index (χ3v) is 4.37. The normalized spacial score (nSPS) is 11.8. The molecule has 134 valence electrons. The summed E-state index contributed by atoms with van der Waals surface area (Å²) < 4.78 is 35.0. The van der Waals surface area contributed by atoms with Gasteiger partial charge in [-0.05, 0) is 18.6 Å². The Hall–Kier alpha value is -2.52. The first-order valence-electron chi connectivity index (χ1n) is 7.64. The molecule has 1 heterocycles. The van der Waals surface area contributed by atoms with E-state index in [0.29, 0.717) is 5.69 Å². The van der Waals surface area contributed by atoms with Crippen molar-refractivity contribution in [1.29, 1.82) is 0 Å². The Bertz CT molecular complexity index is 907. The molecular formula is C16H20N4O4S. The number of para-hydroxylation sites is 1. The summed E-state index contributed by atoms with van der Waals surface area (Å²) in [5.74, 6) is -0.515. The van der Waals surface area contributed by atoms with Crippen molar-refractivity contribution in [1.82, 2.24) is 4.57 Å². The van der Waals surface area contributed by atoms with Crippen LogP contribution in [0.1, 0.15) is 12.1 Å². The standard InChI is InChI=1S/C16H20N4O4S/c1-18-11-9-15(13-17-19(2)14-7-4-3-5-8-14)20(16(18)21)10-6-12-25(22,23)24/h3-5,7-9,11,13H,6,10,12H2,1-2H3. The molecule has 0 radical (unpaired) electrons. The quantitative estimate of drug-likeness (QED) is 0.300. The lowest BCUT2D eigenvalue weighted by atomic mass is 10.3. The first-order valence-corrected chi connectivity index (χ1v) is 9.21. The van der Waals surface area contributed by atoms with Crippen molar-refractivity contribution in [2.24, 2.45) is 12.1 Å². The van der Waals surface area contributed by atoms with Gasteiger partial charge in [-0.25, -0.2) is 13.0 Å². The van der Waals surface area contributed by atoms with Gasteiger partial charge in [0, 0.05) is 18.9 Å². The summed E-state index contributed by atoms with van der Waals surface area (Å²) in [5, 5.41) is 5.97. The molecule has 0 saturated carbocycles. The van der Waals surface area contributed by atoms with Crippen molar-refractivity contribution in [2.75, 3.05) is 17.8 Å². The van der Waals surface area contributed by atoms with Crippen LogP contribution in [-0.4, -0.2) is 36.6 Å². The molecule has 1 aromatic heterocycles. The molecule has 8 nitrogen and oxygen atoms in total. The largest absolute Gasteiger partial charge is 0.748 e. The van der Waals surface area contributed by atoms with E-state index in [2.05, 4.69) is 5.10 Å². The Morgan fingerprint density at radius 1 is 1.28 bits per heavy atom. The molecule has 0 saturated heterocycles. The number of hydrogen-bond acceptors (Lipinski definition) is 6. The molecule has 0 bridgehead atoms. The minimum atomic E-state index is -4.31. The molecule has 0 unspecified atom stereocenters. The second-order valence-corrected chi connectivity index (χ2v) is 7.03. The van der Waals surface area contributed by atoms with Crippen LogP contribution in [0.2, 0.25) is 0 Å². The van der Waals surface area contributed by atoms with Crippen LogP contribution in [0, 0.1) is 0 Å². The van der Waals surface area contributed by atoms with Crippen LogP contribution in [0.5, 0.6) is 0 Å². The highest BCUT2D eigenvalue weighted by Crippen LogP contribution is 2.10. The molecule has 25 heavy (non-hydrogen) atoms. The first kappa shape index (κ1) is 18.8. The minimum absolute atomic E-state index is 0.0606. The summed E-state index contributed by atoms with van der Waals surface area (Å²) in [7, 11) is -0.929. The zero-order chi connectivity index (χ0) is 18.4. The maximum atomic E-state index is 12.3. The van der Waals surface area contributed by atoms with Gasteiger partial charge in [-0.15, -0.1) is 0 Å². The fraction of sp³-hybridized carbons (Fsp3) is 0.312. The Balaban J connectivity index is 2.23. The van der Waals surface area contributed by atoms with Gasteiger partial charge >= 0.3 is 5.69 Å². The molecule has 1 aromatic carbocycles. The Morgan fingerprint density at radius 2 is 1.96 bits per heavy atom. The number of nitrogens with zero attached hydrogens (tertiary/aromatic N) is 4. The summed E-state index contributed by atoms with van der Waals surface area (Å²) in [6.07, 6.45) is 3.19. The molecule has 0 amide bonds. The predicted molar refractivity (Wildman–Crippen MR) is 93.5 cm³/mol. The Kier molecular flexibility index (Phi) is 6.05. The molecule has 2 rings (SSSR count). The third-order valence-electron chi connectivity index (χ3n) is 3.58. The van der Waals surface area contributed by atoms with Crippen LogP contribution >= 0.6 is 0 Å². The van der Waals surface area contributed by atoms with Crippen LogP contribution in [0.15, 0.2) is 52.5 Å². The maximum Gasteiger partial charge on any atom is 0.498 e. The fourth-order valence-electron chi connectivity index (χ4n) is 2.24. The number of anilines is 1. The Morgan fingerprint density at radius 3 is 2.60 bits per heavy atom. The second kappa shape index (κ2) is 8.04. The van der Waals surface area contributed by atoms with E-state index in [0.717, 1.165) is 5.69 Å².